The molecule has 1 aromatic heterocycles. The van der Waals surface area contributed by atoms with Crippen LogP contribution in [0, 0.1) is 0 Å². The van der Waals surface area contributed by atoms with E-state index >= 15 is 0 Å². The number of hydrogen-bond acceptors (Lipinski definition) is 6. The first-order chi connectivity index (χ1) is 12.6. The van der Waals surface area contributed by atoms with Gasteiger partial charge in [0, 0.05) is 65.3 Å². The van der Waals surface area contributed by atoms with Crippen molar-refractivity contribution in [3.05, 3.63) is 11.7 Å². The van der Waals surface area contributed by atoms with Gasteiger partial charge in [-0.15, -0.1) is 24.0 Å². The first-order valence-corrected chi connectivity index (χ1v) is 9.63. The maximum absolute atomic E-state index is 5.27. The second-order valence-electron chi connectivity index (χ2n) is 7.06. The molecule has 1 aliphatic heterocycles. The van der Waals surface area contributed by atoms with Gasteiger partial charge in [-0.2, -0.15) is 4.98 Å². The number of hydrogen-bond donors (Lipinski definition) is 2. The van der Waals surface area contributed by atoms with Crippen LogP contribution in [0.15, 0.2) is 9.52 Å². The van der Waals surface area contributed by atoms with E-state index in [0.29, 0.717) is 18.4 Å². The fraction of sp³-hybridized carbons (Fsp3) is 0.833. The summed E-state index contributed by atoms with van der Waals surface area (Å²) in [5, 5.41) is 10.9. The van der Waals surface area contributed by atoms with Crippen LogP contribution >= 0.6 is 24.0 Å². The van der Waals surface area contributed by atoms with Crippen LogP contribution in [0.25, 0.3) is 0 Å². The molecule has 9 heteroatoms. The summed E-state index contributed by atoms with van der Waals surface area (Å²) in [6.07, 6.45) is 4.06. The molecule has 0 radical (unpaired) electrons. The standard InChI is InChI=1S/C18H34N6O2.HI/c1-14(2)17-22-16(26-23-17)6-9-20-18(19-3)21-15-7-11-24(12-8-15)10-5-13-25-4;/h14-15H,5-13H2,1-4H3,(H2,19,20,21);1H. The van der Waals surface area contributed by atoms with E-state index in [1.807, 2.05) is 0 Å². The number of piperidine rings is 1. The van der Waals surface area contributed by atoms with Crippen LogP contribution in [0.3, 0.4) is 0 Å². The average molecular weight is 494 g/mol. The summed E-state index contributed by atoms with van der Waals surface area (Å²) >= 11 is 0. The Morgan fingerprint density at radius 1 is 1.37 bits per heavy atom. The lowest BCUT2D eigenvalue weighted by Gasteiger charge is -2.33. The van der Waals surface area contributed by atoms with Gasteiger partial charge in [-0.25, -0.2) is 0 Å². The summed E-state index contributed by atoms with van der Waals surface area (Å²) in [5.74, 6) is 2.56. The van der Waals surface area contributed by atoms with Crippen molar-refractivity contribution in [3.63, 3.8) is 0 Å². The van der Waals surface area contributed by atoms with Gasteiger partial charge in [0.1, 0.15) is 0 Å². The number of aromatic nitrogens is 2. The first-order valence-electron chi connectivity index (χ1n) is 9.63. The van der Waals surface area contributed by atoms with Gasteiger partial charge in [-0.1, -0.05) is 19.0 Å². The molecule has 0 amide bonds. The molecular weight excluding hydrogens is 459 g/mol. The number of guanidine groups is 1. The van der Waals surface area contributed by atoms with E-state index in [2.05, 4.69) is 44.5 Å². The number of likely N-dealkylation sites (tertiary alicyclic amines) is 1. The molecule has 0 atom stereocenters. The van der Waals surface area contributed by atoms with Crippen molar-refractivity contribution in [1.29, 1.82) is 0 Å². The second-order valence-corrected chi connectivity index (χ2v) is 7.06. The Kier molecular flexibility index (Phi) is 11.8. The Bertz CT molecular complexity index is 544. The molecule has 0 aromatic carbocycles. The molecule has 1 aliphatic rings. The van der Waals surface area contributed by atoms with Crippen LogP contribution in [0.4, 0.5) is 0 Å². The Labute approximate surface area is 179 Å². The van der Waals surface area contributed by atoms with Crippen LogP contribution in [0.5, 0.6) is 0 Å². The van der Waals surface area contributed by atoms with Crippen LogP contribution in [-0.4, -0.2) is 74.0 Å². The molecule has 0 aliphatic carbocycles. The lowest BCUT2D eigenvalue weighted by molar-refractivity contribution is 0.155. The molecule has 0 bridgehead atoms. The van der Waals surface area contributed by atoms with Crippen molar-refractivity contribution >= 4 is 29.9 Å². The highest BCUT2D eigenvalue weighted by atomic mass is 127. The highest BCUT2D eigenvalue weighted by molar-refractivity contribution is 14.0. The highest BCUT2D eigenvalue weighted by Crippen LogP contribution is 2.11. The average Bonchev–Trinajstić information content (AvgIpc) is 3.12. The monoisotopic (exact) mass is 494 g/mol. The van der Waals surface area contributed by atoms with Crippen LogP contribution in [0.1, 0.15) is 50.7 Å². The molecule has 1 fully saturated rings. The van der Waals surface area contributed by atoms with E-state index in [1.165, 1.54) is 0 Å². The zero-order chi connectivity index (χ0) is 18.8. The van der Waals surface area contributed by atoms with E-state index in [0.717, 1.165) is 63.8 Å². The Morgan fingerprint density at radius 3 is 2.70 bits per heavy atom. The van der Waals surface area contributed by atoms with Crippen molar-refractivity contribution < 1.29 is 9.26 Å². The molecule has 0 unspecified atom stereocenters. The Balaban J connectivity index is 0.00000364. The molecule has 2 heterocycles. The van der Waals surface area contributed by atoms with Crippen molar-refractivity contribution in [3.8, 4) is 0 Å². The number of halogens is 1. The number of rotatable bonds is 9. The lowest BCUT2D eigenvalue weighted by atomic mass is 10.1. The van der Waals surface area contributed by atoms with E-state index in [-0.39, 0.29) is 29.9 Å². The predicted octanol–water partition coefficient (Wildman–Crippen LogP) is 2.02. The Hall–Kier alpha value is -0.940. The molecule has 8 nitrogen and oxygen atoms in total. The normalized spacial score (nSPS) is 16.4. The lowest BCUT2D eigenvalue weighted by Crippen LogP contribution is -2.49. The maximum Gasteiger partial charge on any atom is 0.228 e. The van der Waals surface area contributed by atoms with Crippen molar-refractivity contribution in [1.82, 2.24) is 25.7 Å². The minimum atomic E-state index is 0. The first kappa shape index (κ1) is 24.1. The number of nitrogens with zero attached hydrogens (tertiary/aromatic N) is 4. The minimum Gasteiger partial charge on any atom is -0.385 e. The second kappa shape index (κ2) is 13.3. The number of aliphatic imine (C=N–C) groups is 1. The molecule has 0 spiro atoms. The number of nitrogens with one attached hydrogen (secondary N) is 2. The van der Waals surface area contributed by atoms with E-state index < -0.39 is 0 Å². The molecule has 27 heavy (non-hydrogen) atoms. The van der Waals surface area contributed by atoms with Gasteiger partial charge in [0.05, 0.1) is 0 Å². The number of ether oxygens (including phenoxy) is 1. The summed E-state index contributed by atoms with van der Waals surface area (Å²) in [7, 11) is 3.56. The summed E-state index contributed by atoms with van der Waals surface area (Å²) in [5.41, 5.74) is 0. The van der Waals surface area contributed by atoms with Crippen molar-refractivity contribution in [2.45, 2.75) is 51.5 Å². The zero-order valence-electron chi connectivity index (χ0n) is 17.0. The quantitative estimate of drug-likeness (QED) is 0.235. The fourth-order valence-electron chi connectivity index (χ4n) is 3.01. The Morgan fingerprint density at radius 2 is 2.11 bits per heavy atom. The highest BCUT2D eigenvalue weighted by Gasteiger charge is 2.19. The summed E-state index contributed by atoms with van der Waals surface area (Å²) < 4.78 is 10.4. The number of methoxy groups -OCH3 is 1. The van der Waals surface area contributed by atoms with Gasteiger partial charge in [-0.3, -0.25) is 4.99 Å². The van der Waals surface area contributed by atoms with Gasteiger partial charge in [0.25, 0.3) is 0 Å². The van der Waals surface area contributed by atoms with Crippen LogP contribution in [-0.2, 0) is 11.2 Å². The van der Waals surface area contributed by atoms with Gasteiger partial charge < -0.3 is 24.8 Å². The summed E-state index contributed by atoms with van der Waals surface area (Å²) in [6.45, 7) is 9.04. The molecule has 0 saturated carbocycles. The van der Waals surface area contributed by atoms with E-state index in [1.54, 1.807) is 14.2 Å². The largest absolute Gasteiger partial charge is 0.385 e. The predicted molar refractivity (Wildman–Crippen MR) is 118 cm³/mol. The smallest absolute Gasteiger partial charge is 0.228 e. The molecule has 1 saturated heterocycles. The third-order valence-electron chi connectivity index (χ3n) is 4.61. The maximum atomic E-state index is 5.27. The van der Waals surface area contributed by atoms with Crippen LogP contribution in [0.2, 0.25) is 0 Å². The van der Waals surface area contributed by atoms with Gasteiger partial charge in [0.2, 0.25) is 5.89 Å². The molecule has 156 valence electrons. The summed E-state index contributed by atoms with van der Waals surface area (Å²) in [4.78, 5) is 11.2. The van der Waals surface area contributed by atoms with Crippen molar-refractivity contribution in [2.24, 2.45) is 4.99 Å². The van der Waals surface area contributed by atoms with Gasteiger partial charge in [-0.05, 0) is 19.3 Å². The van der Waals surface area contributed by atoms with Crippen LogP contribution < -0.4 is 10.6 Å². The molecule has 2 N–H and O–H groups in total. The SMILES string of the molecule is CN=C(NCCc1nc(C(C)C)no1)NC1CCN(CCCOC)CC1.I. The topological polar surface area (TPSA) is 87.8 Å². The third kappa shape index (κ3) is 8.73. The fourth-order valence-corrected chi connectivity index (χ4v) is 3.01. The van der Waals surface area contributed by atoms with E-state index in [4.69, 9.17) is 9.26 Å². The zero-order valence-corrected chi connectivity index (χ0v) is 19.4. The van der Waals surface area contributed by atoms with Gasteiger partial charge in [0.15, 0.2) is 11.8 Å². The molecule has 2 rings (SSSR count). The minimum absolute atomic E-state index is 0. The molecular formula is C18H35IN6O2. The van der Waals surface area contributed by atoms with Gasteiger partial charge >= 0.3 is 0 Å². The van der Waals surface area contributed by atoms with Crippen molar-refractivity contribution in [2.75, 3.05) is 46.9 Å². The summed E-state index contributed by atoms with van der Waals surface area (Å²) in [6, 6.07) is 0.468. The van der Waals surface area contributed by atoms with E-state index in [9.17, 15) is 0 Å². The molecule has 1 aromatic rings. The third-order valence-corrected chi connectivity index (χ3v) is 4.61.